The van der Waals surface area contributed by atoms with E-state index in [9.17, 15) is 0 Å². The highest BCUT2D eigenvalue weighted by Crippen LogP contribution is 2.52. The van der Waals surface area contributed by atoms with E-state index in [4.69, 9.17) is 9.47 Å². The summed E-state index contributed by atoms with van der Waals surface area (Å²) in [6.07, 6.45) is 10.7. The molecule has 0 unspecified atom stereocenters. The second-order valence-electron chi connectivity index (χ2n) is 8.60. The number of rotatable bonds is 4. The summed E-state index contributed by atoms with van der Waals surface area (Å²) < 4.78 is 12.2. The van der Waals surface area contributed by atoms with Gasteiger partial charge < -0.3 is 9.47 Å². The van der Waals surface area contributed by atoms with E-state index in [-0.39, 0.29) is 0 Å². The Morgan fingerprint density at radius 2 is 1.07 bits per heavy atom. The van der Waals surface area contributed by atoms with Crippen molar-refractivity contribution in [1.29, 1.82) is 0 Å². The van der Waals surface area contributed by atoms with Crippen LogP contribution in [0.3, 0.4) is 0 Å². The Balaban J connectivity index is 1.63. The second kappa shape index (κ2) is 6.76. The maximum absolute atomic E-state index is 6.11. The zero-order valence-electron chi connectivity index (χ0n) is 16.6. The first-order valence-corrected chi connectivity index (χ1v) is 10.7. The van der Waals surface area contributed by atoms with Gasteiger partial charge >= 0.3 is 0 Å². The first-order chi connectivity index (χ1) is 13.3. The van der Waals surface area contributed by atoms with Gasteiger partial charge in [-0.2, -0.15) is 0 Å². The van der Waals surface area contributed by atoms with Gasteiger partial charge in [-0.3, -0.25) is 0 Å². The minimum Gasteiger partial charge on any atom is -0.346 e. The maximum atomic E-state index is 6.11. The molecule has 2 aromatic carbocycles. The van der Waals surface area contributed by atoms with E-state index in [1.54, 1.807) is 14.2 Å². The normalized spacial score (nSPS) is 21.6. The molecule has 2 saturated carbocycles. The fraction of sp³-hybridized carbons (Fsp3) is 0.520. The van der Waals surface area contributed by atoms with Crippen LogP contribution >= 0.6 is 0 Å². The predicted octanol–water partition coefficient (Wildman–Crippen LogP) is 6.48. The SMILES string of the molecule is COC1(OC)c2cc(C3CCCC3)ccc2-c2ccc(C3CCCC3)cc21. The fourth-order valence-corrected chi connectivity index (χ4v) is 5.83. The molecule has 2 aromatic rings. The fourth-order valence-electron chi connectivity index (χ4n) is 5.83. The lowest BCUT2D eigenvalue weighted by atomic mass is 9.92. The third-order valence-electron chi connectivity index (χ3n) is 7.31. The van der Waals surface area contributed by atoms with Gasteiger partial charge in [-0.05, 0) is 71.9 Å². The van der Waals surface area contributed by atoms with Crippen molar-refractivity contribution in [2.24, 2.45) is 0 Å². The van der Waals surface area contributed by atoms with Crippen molar-refractivity contribution in [2.75, 3.05) is 14.2 Å². The van der Waals surface area contributed by atoms with Crippen LogP contribution in [0, 0.1) is 0 Å². The molecule has 142 valence electrons. The lowest BCUT2D eigenvalue weighted by molar-refractivity contribution is -0.180. The molecule has 2 fully saturated rings. The number of methoxy groups -OCH3 is 2. The first kappa shape index (κ1) is 17.5. The van der Waals surface area contributed by atoms with Crippen molar-refractivity contribution < 1.29 is 9.47 Å². The molecule has 0 amide bonds. The molecular formula is C25H30O2. The van der Waals surface area contributed by atoms with Crippen molar-refractivity contribution >= 4 is 0 Å². The first-order valence-electron chi connectivity index (χ1n) is 10.7. The lowest BCUT2D eigenvalue weighted by Gasteiger charge is -2.29. The molecule has 0 bridgehead atoms. The van der Waals surface area contributed by atoms with Crippen LogP contribution in [0.1, 0.15) is 85.5 Å². The molecule has 2 heteroatoms. The Hall–Kier alpha value is -1.64. The van der Waals surface area contributed by atoms with Crippen LogP contribution in [0.2, 0.25) is 0 Å². The van der Waals surface area contributed by atoms with E-state index in [1.165, 1.54) is 84.7 Å². The van der Waals surface area contributed by atoms with Crippen LogP contribution in [-0.2, 0) is 15.3 Å². The summed E-state index contributed by atoms with van der Waals surface area (Å²) >= 11 is 0. The Morgan fingerprint density at radius 3 is 1.44 bits per heavy atom. The van der Waals surface area contributed by atoms with Crippen molar-refractivity contribution in [2.45, 2.75) is 69.0 Å². The maximum Gasteiger partial charge on any atom is 0.223 e. The molecule has 2 nitrogen and oxygen atoms in total. The highest BCUT2D eigenvalue weighted by Gasteiger charge is 2.45. The van der Waals surface area contributed by atoms with E-state index in [0.29, 0.717) is 11.8 Å². The minimum absolute atomic E-state index is 0.694. The van der Waals surface area contributed by atoms with Gasteiger partial charge in [0.05, 0.1) is 0 Å². The standard InChI is InChI=1S/C25H30O2/c1-26-25(27-2)23-15-19(17-7-3-4-8-17)11-13-21(23)22-14-12-20(16-24(22)25)18-9-5-6-10-18/h11-18H,3-10H2,1-2H3. The summed E-state index contributed by atoms with van der Waals surface area (Å²) in [5.41, 5.74) is 7.83. The minimum atomic E-state index is -0.770. The van der Waals surface area contributed by atoms with Crippen molar-refractivity contribution in [3.63, 3.8) is 0 Å². The Kier molecular flexibility index (Phi) is 4.37. The molecule has 0 radical (unpaired) electrons. The lowest BCUT2D eigenvalue weighted by Crippen LogP contribution is -2.30. The van der Waals surface area contributed by atoms with Crippen LogP contribution in [0.4, 0.5) is 0 Å². The van der Waals surface area contributed by atoms with Gasteiger partial charge in [-0.1, -0.05) is 49.9 Å². The van der Waals surface area contributed by atoms with Gasteiger partial charge in [0.1, 0.15) is 0 Å². The Morgan fingerprint density at radius 1 is 0.667 bits per heavy atom. The van der Waals surface area contributed by atoms with Crippen LogP contribution < -0.4 is 0 Å². The highest BCUT2D eigenvalue weighted by atomic mass is 16.7. The van der Waals surface area contributed by atoms with E-state index >= 15 is 0 Å². The van der Waals surface area contributed by atoms with E-state index in [0.717, 1.165) is 0 Å². The summed E-state index contributed by atoms with van der Waals surface area (Å²) in [4.78, 5) is 0. The summed E-state index contributed by atoms with van der Waals surface area (Å²) in [7, 11) is 3.57. The summed E-state index contributed by atoms with van der Waals surface area (Å²) in [6.45, 7) is 0. The van der Waals surface area contributed by atoms with Gasteiger partial charge in [0.15, 0.2) is 0 Å². The molecule has 3 aliphatic rings. The molecule has 0 N–H and O–H groups in total. The highest BCUT2D eigenvalue weighted by molar-refractivity contribution is 5.80. The average Bonchev–Trinajstić information content (AvgIpc) is 3.46. The average molecular weight is 363 g/mol. The molecular weight excluding hydrogens is 332 g/mol. The summed E-state index contributed by atoms with van der Waals surface area (Å²) in [5.74, 6) is 0.618. The van der Waals surface area contributed by atoms with Crippen molar-refractivity contribution in [1.82, 2.24) is 0 Å². The molecule has 0 heterocycles. The van der Waals surface area contributed by atoms with E-state index < -0.39 is 5.79 Å². The smallest absolute Gasteiger partial charge is 0.223 e. The van der Waals surface area contributed by atoms with E-state index in [1.807, 2.05) is 0 Å². The van der Waals surface area contributed by atoms with Crippen molar-refractivity contribution in [3.8, 4) is 11.1 Å². The summed E-state index contributed by atoms with van der Waals surface area (Å²) in [5, 5.41) is 0. The zero-order valence-corrected chi connectivity index (χ0v) is 16.6. The van der Waals surface area contributed by atoms with Gasteiger partial charge in [0.25, 0.3) is 0 Å². The van der Waals surface area contributed by atoms with Gasteiger partial charge in [0, 0.05) is 25.3 Å². The monoisotopic (exact) mass is 362 g/mol. The molecule has 0 spiro atoms. The van der Waals surface area contributed by atoms with Gasteiger partial charge in [-0.25, -0.2) is 0 Å². The third kappa shape index (κ3) is 2.61. The Labute approximate surface area is 162 Å². The zero-order chi connectivity index (χ0) is 18.4. The molecule has 27 heavy (non-hydrogen) atoms. The Bertz CT molecular complexity index is 770. The van der Waals surface area contributed by atoms with Gasteiger partial charge in [-0.15, -0.1) is 0 Å². The number of fused-ring (bicyclic) bond motifs is 3. The number of hydrogen-bond acceptors (Lipinski definition) is 2. The number of hydrogen-bond donors (Lipinski definition) is 0. The predicted molar refractivity (Wildman–Crippen MR) is 109 cm³/mol. The molecule has 0 saturated heterocycles. The molecule has 5 rings (SSSR count). The van der Waals surface area contributed by atoms with E-state index in [2.05, 4.69) is 36.4 Å². The quantitative estimate of drug-likeness (QED) is 0.580. The molecule has 0 atom stereocenters. The molecule has 0 aromatic heterocycles. The molecule has 3 aliphatic carbocycles. The van der Waals surface area contributed by atoms with Crippen LogP contribution in [0.5, 0.6) is 0 Å². The second-order valence-corrected chi connectivity index (χ2v) is 8.60. The largest absolute Gasteiger partial charge is 0.346 e. The summed E-state index contributed by atoms with van der Waals surface area (Å²) in [6, 6.07) is 14.0. The number of benzene rings is 2. The van der Waals surface area contributed by atoms with Crippen LogP contribution in [-0.4, -0.2) is 14.2 Å². The molecule has 0 aliphatic heterocycles. The van der Waals surface area contributed by atoms with Crippen LogP contribution in [0.15, 0.2) is 36.4 Å². The van der Waals surface area contributed by atoms with Gasteiger partial charge in [0.2, 0.25) is 5.79 Å². The van der Waals surface area contributed by atoms with Crippen molar-refractivity contribution in [3.05, 3.63) is 58.7 Å². The van der Waals surface area contributed by atoms with Crippen LogP contribution in [0.25, 0.3) is 11.1 Å². The topological polar surface area (TPSA) is 18.5 Å². The third-order valence-corrected chi connectivity index (χ3v) is 7.31. The number of ether oxygens (including phenoxy) is 2.